The summed E-state index contributed by atoms with van der Waals surface area (Å²) < 4.78 is 5.65. The molecule has 0 aromatic heterocycles. The molecule has 0 saturated heterocycles. The highest BCUT2D eigenvalue weighted by Gasteiger charge is 2.51. The van der Waals surface area contributed by atoms with E-state index < -0.39 is 11.5 Å². The molecule has 5 heteroatoms. The van der Waals surface area contributed by atoms with Crippen molar-refractivity contribution >= 4 is 5.97 Å². The second kappa shape index (κ2) is 7.07. The van der Waals surface area contributed by atoms with E-state index in [9.17, 15) is 9.90 Å². The second-order valence-electron chi connectivity index (χ2n) is 7.11. The second-order valence-corrected chi connectivity index (χ2v) is 7.11. The number of nitrogens with one attached hydrogen (secondary N) is 1. The lowest BCUT2D eigenvalue weighted by molar-refractivity contribution is -0.147. The summed E-state index contributed by atoms with van der Waals surface area (Å²) in [6, 6.07) is 0.168. The maximum Gasteiger partial charge on any atom is 0.325 e. The van der Waals surface area contributed by atoms with Crippen molar-refractivity contribution in [2.24, 2.45) is 11.8 Å². The molecule has 0 spiro atoms. The zero-order valence-electron chi connectivity index (χ0n) is 13.6. The van der Waals surface area contributed by atoms with Gasteiger partial charge in [-0.05, 0) is 58.4 Å². The van der Waals surface area contributed by atoms with Gasteiger partial charge in [-0.25, -0.2) is 0 Å². The summed E-state index contributed by atoms with van der Waals surface area (Å²) in [6.07, 6.45) is 4.63. The Kier molecular flexibility index (Phi) is 5.63. The van der Waals surface area contributed by atoms with Crippen molar-refractivity contribution in [1.82, 2.24) is 10.2 Å². The molecule has 5 nitrogen and oxygen atoms in total. The van der Waals surface area contributed by atoms with Crippen LogP contribution in [0.1, 0.15) is 39.5 Å². The van der Waals surface area contributed by atoms with Crippen LogP contribution >= 0.6 is 0 Å². The highest BCUT2D eigenvalue weighted by Crippen LogP contribution is 2.40. The fourth-order valence-electron chi connectivity index (χ4n) is 2.95. The van der Waals surface area contributed by atoms with Crippen LogP contribution in [0.4, 0.5) is 0 Å². The van der Waals surface area contributed by atoms with Gasteiger partial charge in [-0.3, -0.25) is 10.1 Å². The minimum Gasteiger partial charge on any atom is -0.480 e. The van der Waals surface area contributed by atoms with Crippen molar-refractivity contribution in [2.45, 2.75) is 51.1 Å². The molecular formula is C16H30N2O3. The van der Waals surface area contributed by atoms with Gasteiger partial charge in [-0.1, -0.05) is 0 Å². The minimum atomic E-state index is -0.806. The molecule has 21 heavy (non-hydrogen) atoms. The third kappa shape index (κ3) is 4.94. The van der Waals surface area contributed by atoms with Crippen molar-refractivity contribution in [2.75, 3.05) is 33.4 Å². The molecule has 2 rings (SSSR count). The molecule has 2 aliphatic rings. The predicted molar refractivity (Wildman–Crippen MR) is 82.4 cm³/mol. The van der Waals surface area contributed by atoms with Crippen LogP contribution in [0, 0.1) is 11.8 Å². The van der Waals surface area contributed by atoms with Crippen molar-refractivity contribution in [3.8, 4) is 0 Å². The molecule has 0 heterocycles. The highest BCUT2D eigenvalue weighted by atomic mass is 16.5. The largest absolute Gasteiger partial charge is 0.480 e. The summed E-state index contributed by atoms with van der Waals surface area (Å²) in [7, 11) is 1.99. The van der Waals surface area contributed by atoms with Crippen molar-refractivity contribution in [3.05, 3.63) is 0 Å². The monoisotopic (exact) mass is 298 g/mol. The van der Waals surface area contributed by atoms with Crippen LogP contribution in [0.5, 0.6) is 0 Å². The summed E-state index contributed by atoms with van der Waals surface area (Å²) >= 11 is 0. The standard InChI is InChI=1S/C16H30N2O3/c1-12(2)17-16(15(19)20,14-6-7-14)11-18(3)8-9-21-10-13-4-5-13/h12-14,17H,4-11H2,1-3H3,(H,19,20). The average Bonchev–Trinajstić information content (AvgIpc) is 3.26. The Morgan fingerprint density at radius 2 is 2.05 bits per heavy atom. The molecule has 2 saturated carbocycles. The number of rotatable bonds is 11. The Morgan fingerprint density at radius 1 is 1.38 bits per heavy atom. The smallest absolute Gasteiger partial charge is 0.325 e. The fourth-order valence-corrected chi connectivity index (χ4v) is 2.95. The molecule has 0 radical (unpaired) electrons. The quantitative estimate of drug-likeness (QED) is 0.567. The van der Waals surface area contributed by atoms with E-state index in [-0.39, 0.29) is 12.0 Å². The lowest BCUT2D eigenvalue weighted by Gasteiger charge is -2.36. The number of carboxylic acid groups (broad SMARTS) is 1. The average molecular weight is 298 g/mol. The number of hydrogen-bond acceptors (Lipinski definition) is 4. The van der Waals surface area contributed by atoms with Crippen molar-refractivity contribution in [1.29, 1.82) is 0 Å². The molecular weight excluding hydrogens is 268 g/mol. The van der Waals surface area contributed by atoms with E-state index >= 15 is 0 Å². The Labute approximate surface area is 128 Å². The first-order chi connectivity index (χ1) is 9.94. The third-order valence-electron chi connectivity index (χ3n) is 4.39. The molecule has 2 N–H and O–H groups in total. The van der Waals surface area contributed by atoms with E-state index in [1.807, 2.05) is 20.9 Å². The lowest BCUT2D eigenvalue weighted by Crippen LogP contribution is -2.62. The molecule has 2 fully saturated rings. The van der Waals surface area contributed by atoms with E-state index in [0.717, 1.165) is 31.9 Å². The predicted octanol–water partition coefficient (Wildman–Crippen LogP) is 1.58. The van der Waals surface area contributed by atoms with Crippen molar-refractivity contribution in [3.63, 3.8) is 0 Å². The summed E-state index contributed by atoms with van der Waals surface area (Å²) in [5.74, 6) is 0.319. The zero-order chi connectivity index (χ0) is 15.5. The van der Waals surface area contributed by atoms with Crippen LogP contribution in [-0.2, 0) is 9.53 Å². The minimum absolute atomic E-state index is 0.168. The first-order valence-electron chi connectivity index (χ1n) is 8.21. The Hall–Kier alpha value is -0.650. The third-order valence-corrected chi connectivity index (χ3v) is 4.39. The first kappa shape index (κ1) is 16.7. The van der Waals surface area contributed by atoms with Gasteiger partial charge in [-0.2, -0.15) is 0 Å². The van der Waals surface area contributed by atoms with Gasteiger partial charge in [-0.15, -0.1) is 0 Å². The zero-order valence-corrected chi connectivity index (χ0v) is 13.6. The Balaban J connectivity index is 1.82. The summed E-state index contributed by atoms with van der Waals surface area (Å²) in [5, 5.41) is 13.1. The van der Waals surface area contributed by atoms with Gasteiger partial charge in [0.25, 0.3) is 0 Å². The molecule has 1 unspecified atom stereocenters. The Morgan fingerprint density at radius 3 is 2.52 bits per heavy atom. The number of aliphatic carboxylic acids is 1. The van der Waals surface area contributed by atoms with E-state index in [1.54, 1.807) is 0 Å². The molecule has 0 bridgehead atoms. The normalized spacial score (nSPS) is 21.8. The summed E-state index contributed by atoms with van der Waals surface area (Å²) in [6.45, 7) is 6.91. The maximum atomic E-state index is 11.9. The highest BCUT2D eigenvalue weighted by molar-refractivity contribution is 5.80. The molecule has 1 atom stereocenters. The van der Waals surface area contributed by atoms with Gasteiger partial charge in [0, 0.05) is 25.7 Å². The van der Waals surface area contributed by atoms with Crippen LogP contribution in [-0.4, -0.2) is 60.9 Å². The number of carbonyl (C=O) groups is 1. The lowest BCUT2D eigenvalue weighted by atomic mass is 9.91. The maximum absolute atomic E-state index is 11.9. The molecule has 0 aromatic rings. The van der Waals surface area contributed by atoms with Gasteiger partial charge in [0.2, 0.25) is 0 Å². The van der Waals surface area contributed by atoms with E-state index in [2.05, 4.69) is 10.2 Å². The summed E-state index contributed by atoms with van der Waals surface area (Å²) in [5.41, 5.74) is -0.806. The number of nitrogens with zero attached hydrogens (tertiary/aromatic N) is 1. The van der Waals surface area contributed by atoms with Gasteiger partial charge >= 0.3 is 5.97 Å². The van der Waals surface area contributed by atoms with Gasteiger partial charge in [0.05, 0.1) is 6.61 Å². The molecule has 0 aromatic carbocycles. The SMILES string of the molecule is CC(C)NC(CN(C)CCOCC1CC1)(C(=O)O)C1CC1. The van der Waals surface area contributed by atoms with Crippen LogP contribution in [0.3, 0.4) is 0 Å². The van der Waals surface area contributed by atoms with Gasteiger partial charge in [0.15, 0.2) is 0 Å². The molecule has 122 valence electrons. The van der Waals surface area contributed by atoms with Gasteiger partial charge in [0.1, 0.15) is 5.54 Å². The van der Waals surface area contributed by atoms with Gasteiger partial charge < -0.3 is 14.7 Å². The van der Waals surface area contributed by atoms with Crippen LogP contribution in [0.25, 0.3) is 0 Å². The van der Waals surface area contributed by atoms with E-state index in [4.69, 9.17) is 4.74 Å². The van der Waals surface area contributed by atoms with Crippen molar-refractivity contribution < 1.29 is 14.6 Å². The molecule has 0 aliphatic heterocycles. The topological polar surface area (TPSA) is 61.8 Å². The number of likely N-dealkylation sites (N-methyl/N-ethyl adjacent to an activating group) is 1. The molecule has 2 aliphatic carbocycles. The Bertz CT molecular complexity index is 353. The number of hydrogen-bond donors (Lipinski definition) is 2. The van der Waals surface area contributed by atoms with Crippen LogP contribution in [0.15, 0.2) is 0 Å². The first-order valence-corrected chi connectivity index (χ1v) is 8.21. The molecule has 0 amide bonds. The van der Waals surface area contributed by atoms with E-state index in [1.165, 1.54) is 12.8 Å². The van der Waals surface area contributed by atoms with E-state index in [0.29, 0.717) is 13.2 Å². The van der Waals surface area contributed by atoms with Crippen LogP contribution in [0.2, 0.25) is 0 Å². The summed E-state index contributed by atoms with van der Waals surface area (Å²) in [4.78, 5) is 14.0. The van der Waals surface area contributed by atoms with Crippen LogP contribution < -0.4 is 5.32 Å². The fraction of sp³-hybridized carbons (Fsp3) is 0.938. The number of carboxylic acids is 1. The number of ether oxygens (including phenoxy) is 1.